The predicted molar refractivity (Wildman–Crippen MR) is 118 cm³/mol. The Balaban J connectivity index is 1.32. The van der Waals surface area contributed by atoms with Gasteiger partial charge in [0, 0.05) is 30.9 Å². The van der Waals surface area contributed by atoms with Crippen molar-refractivity contribution in [2.24, 2.45) is 0 Å². The molecule has 2 aliphatic heterocycles. The minimum absolute atomic E-state index is 0.134. The summed E-state index contributed by atoms with van der Waals surface area (Å²) in [6, 6.07) is 5.99. The molecule has 2 aliphatic rings. The van der Waals surface area contributed by atoms with E-state index in [1.165, 1.54) is 31.5 Å². The first-order valence-corrected chi connectivity index (χ1v) is 11.4. The van der Waals surface area contributed by atoms with Crippen LogP contribution in [-0.2, 0) is 11.3 Å². The van der Waals surface area contributed by atoms with Crippen LogP contribution in [0.4, 0.5) is 0 Å². The second-order valence-corrected chi connectivity index (χ2v) is 8.89. The Morgan fingerprint density at radius 2 is 1.97 bits per heavy atom. The van der Waals surface area contributed by atoms with Crippen LogP contribution in [0, 0.1) is 6.92 Å². The van der Waals surface area contributed by atoms with Crippen LogP contribution >= 0.6 is 11.6 Å². The maximum atomic E-state index is 12.6. The zero-order valence-corrected chi connectivity index (χ0v) is 18.5. The normalized spacial score (nSPS) is 18.1. The van der Waals surface area contributed by atoms with Gasteiger partial charge in [-0.2, -0.15) is 5.10 Å². The third-order valence-corrected chi connectivity index (χ3v) is 6.42. The highest BCUT2D eigenvalue weighted by molar-refractivity contribution is 6.30. The number of aryl methyl sites for hydroxylation is 1. The molecular weight excluding hydrogens is 400 g/mol. The molecule has 0 bridgehead atoms. The lowest BCUT2D eigenvalue weighted by molar-refractivity contribution is -0.133. The molecule has 6 nitrogen and oxygen atoms in total. The summed E-state index contributed by atoms with van der Waals surface area (Å²) in [5.41, 5.74) is 2.29. The summed E-state index contributed by atoms with van der Waals surface area (Å²) in [5, 5.41) is 4.93. The Bertz CT molecular complexity index is 855. The van der Waals surface area contributed by atoms with Gasteiger partial charge in [-0.25, -0.2) is 0 Å². The van der Waals surface area contributed by atoms with Gasteiger partial charge >= 0.3 is 0 Å². The highest BCUT2D eigenvalue weighted by atomic mass is 35.5. The van der Waals surface area contributed by atoms with Gasteiger partial charge in [-0.05, 0) is 74.9 Å². The van der Waals surface area contributed by atoms with Crippen LogP contribution < -0.4 is 4.74 Å². The summed E-state index contributed by atoms with van der Waals surface area (Å²) in [4.78, 5) is 17.0. The Hall–Kier alpha value is -2.05. The average Bonchev–Trinajstić information content (AvgIpc) is 3.40. The van der Waals surface area contributed by atoms with Crippen molar-refractivity contribution in [2.75, 3.05) is 39.3 Å². The number of carbonyl (C=O) groups excluding carboxylic acids is 1. The van der Waals surface area contributed by atoms with E-state index in [9.17, 15) is 4.79 Å². The van der Waals surface area contributed by atoms with Gasteiger partial charge in [0.2, 0.25) is 5.91 Å². The van der Waals surface area contributed by atoms with Gasteiger partial charge in [-0.15, -0.1) is 0 Å². The molecule has 0 spiro atoms. The fraction of sp³-hybridized carbons (Fsp3) is 0.565. The molecule has 7 heteroatoms. The number of likely N-dealkylation sites (tertiary alicyclic amines) is 2. The first-order chi connectivity index (χ1) is 14.6. The molecule has 2 aromatic rings. The van der Waals surface area contributed by atoms with Crippen molar-refractivity contribution in [1.82, 2.24) is 19.6 Å². The Kier molecular flexibility index (Phi) is 6.95. The standard InChI is InChI=1S/C23H31ClN4O2/c1-18-15-25-28(16-18)17-23(29)27-10-6-19(7-11-27)21-5-4-20(24)14-22(21)30-13-12-26-8-2-3-9-26/h4-5,14-16,19H,2-3,6-13,17H2,1H3. The average molecular weight is 431 g/mol. The Morgan fingerprint density at radius 3 is 2.67 bits per heavy atom. The third kappa shape index (κ3) is 5.35. The van der Waals surface area contributed by atoms with E-state index in [0.29, 0.717) is 24.1 Å². The van der Waals surface area contributed by atoms with Crippen LogP contribution in [0.15, 0.2) is 30.6 Å². The summed E-state index contributed by atoms with van der Waals surface area (Å²) < 4.78 is 7.89. The van der Waals surface area contributed by atoms with Gasteiger partial charge in [0.1, 0.15) is 18.9 Å². The van der Waals surface area contributed by atoms with Crippen molar-refractivity contribution in [3.05, 3.63) is 46.7 Å². The number of benzene rings is 1. The molecular formula is C23H31ClN4O2. The monoisotopic (exact) mass is 430 g/mol. The van der Waals surface area contributed by atoms with Crippen LogP contribution in [0.5, 0.6) is 5.75 Å². The molecule has 1 aromatic heterocycles. The number of piperidine rings is 1. The molecule has 2 fully saturated rings. The molecule has 2 saturated heterocycles. The van der Waals surface area contributed by atoms with E-state index in [-0.39, 0.29) is 5.91 Å². The SMILES string of the molecule is Cc1cnn(CC(=O)N2CCC(c3ccc(Cl)cc3OCCN3CCCC3)CC2)c1. The molecule has 4 rings (SSSR count). The van der Waals surface area contributed by atoms with Crippen molar-refractivity contribution < 1.29 is 9.53 Å². The van der Waals surface area contributed by atoms with Crippen LogP contribution in [-0.4, -0.2) is 64.8 Å². The first kappa shape index (κ1) is 21.2. The third-order valence-electron chi connectivity index (χ3n) is 6.19. The van der Waals surface area contributed by atoms with Crippen LogP contribution in [0.25, 0.3) is 0 Å². The molecule has 0 aliphatic carbocycles. The number of ether oxygens (including phenoxy) is 1. The molecule has 0 atom stereocenters. The maximum Gasteiger partial charge on any atom is 0.244 e. The molecule has 1 amide bonds. The minimum atomic E-state index is 0.134. The number of amides is 1. The lowest BCUT2D eigenvalue weighted by Crippen LogP contribution is -2.39. The molecule has 0 unspecified atom stereocenters. The topological polar surface area (TPSA) is 50.6 Å². The molecule has 0 saturated carbocycles. The largest absolute Gasteiger partial charge is 0.492 e. The van der Waals surface area contributed by atoms with Crippen LogP contribution in [0.2, 0.25) is 5.02 Å². The summed E-state index contributed by atoms with van der Waals surface area (Å²) in [6.45, 7) is 7.83. The van der Waals surface area contributed by atoms with Crippen molar-refractivity contribution in [3.8, 4) is 5.75 Å². The minimum Gasteiger partial charge on any atom is -0.492 e. The summed E-state index contributed by atoms with van der Waals surface area (Å²) in [5.74, 6) is 1.42. The quantitative estimate of drug-likeness (QED) is 0.671. The van der Waals surface area contributed by atoms with Gasteiger partial charge in [0.15, 0.2) is 0 Å². The molecule has 1 aromatic carbocycles. The van der Waals surface area contributed by atoms with Crippen molar-refractivity contribution in [3.63, 3.8) is 0 Å². The van der Waals surface area contributed by atoms with E-state index in [4.69, 9.17) is 16.3 Å². The number of nitrogens with zero attached hydrogens (tertiary/aromatic N) is 4. The van der Waals surface area contributed by atoms with Crippen LogP contribution in [0.1, 0.15) is 42.7 Å². The molecule has 0 radical (unpaired) electrons. The van der Waals surface area contributed by atoms with Gasteiger partial charge in [-0.3, -0.25) is 14.4 Å². The highest BCUT2D eigenvalue weighted by Gasteiger charge is 2.26. The first-order valence-electron chi connectivity index (χ1n) is 11.0. The second-order valence-electron chi connectivity index (χ2n) is 8.45. The van der Waals surface area contributed by atoms with E-state index in [1.54, 1.807) is 10.9 Å². The van der Waals surface area contributed by atoms with Gasteiger partial charge in [0.25, 0.3) is 0 Å². The summed E-state index contributed by atoms with van der Waals surface area (Å²) >= 11 is 6.25. The van der Waals surface area contributed by atoms with E-state index in [1.807, 2.05) is 30.2 Å². The molecule has 30 heavy (non-hydrogen) atoms. The number of carbonyl (C=O) groups is 1. The number of rotatable bonds is 7. The lowest BCUT2D eigenvalue weighted by Gasteiger charge is -2.33. The summed E-state index contributed by atoms with van der Waals surface area (Å²) in [7, 11) is 0. The van der Waals surface area contributed by atoms with Gasteiger partial charge in [-0.1, -0.05) is 17.7 Å². The fourth-order valence-corrected chi connectivity index (χ4v) is 4.66. The zero-order chi connectivity index (χ0) is 20.9. The second kappa shape index (κ2) is 9.84. The molecule has 3 heterocycles. The Morgan fingerprint density at radius 1 is 1.20 bits per heavy atom. The van der Waals surface area contributed by atoms with Gasteiger partial charge in [0.05, 0.1) is 6.20 Å². The maximum absolute atomic E-state index is 12.6. The zero-order valence-electron chi connectivity index (χ0n) is 17.7. The van der Waals surface area contributed by atoms with Crippen molar-refractivity contribution >= 4 is 17.5 Å². The Labute approximate surface area is 183 Å². The van der Waals surface area contributed by atoms with Crippen molar-refractivity contribution in [2.45, 2.75) is 45.1 Å². The van der Waals surface area contributed by atoms with E-state index in [2.05, 4.69) is 16.1 Å². The highest BCUT2D eigenvalue weighted by Crippen LogP contribution is 2.36. The van der Waals surface area contributed by atoms with E-state index < -0.39 is 0 Å². The molecule has 162 valence electrons. The van der Waals surface area contributed by atoms with Crippen molar-refractivity contribution in [1.29, 1.82) is 0 Å². The number of aromatic nitrogens is 2. The van der Waals surface area contributed by atoms with Crippen LogP contribution in [0.3, 0.4) is 0 Å². The predicted octanol–water partition coefficient (Wildman–Crippen LogP) is 3.73. The molecule has 0 N–H and O–H groups in total. The number of hydrogen-bond acceptors (Lipinski definition) is 4. The smallest absolute Gasteiger partial charge is 0.244 e. The number of hydrogen-bond donors (Lipinski definition) is 0. The number of halogens is 1. The fourth-order valence-electron chi connectivity index (χ4n) is 4.49. The van der Waals surface area contributed by atoms with E-state index in [0.717, 1.165) is 43.8 Å². The summed E-state index contributed by atoms with van der Waals surface area (Å²) in [6.07, 6.45) is 8.15. The van der Waals surface area contributed by atoms with Gasteiger partial charge < -0.3 is 9.64 Å². The lowest BCUT2D eigenvalue weighted by atomic mass is 9.88. The van der Waals surface area contributed by atoms with E-state index >= 15 is 0 Å².